The smallest absolute Gasteiger partial charge is 0.233 e. The third kappa shape index (κ3) is 7.27. The van der Waals surface area contributed by atoms with Gasteiger partial charge in [-0.05, 0) is 96.7 Å². The van der Waals surface area contributed by atoms with Crippen LogP contribution in [0.3, 0.4) is 0 Å². The average Bonchev–Trinajstić information content (AvgIpc) is 3.46. The Kier molecular flexibility index (Phi) is 8.59. The maximum atomic E-state index is 4.77. The molecule has 0 fully saturated rings. The maximum Gasteiger partial charge on any atom is 0.233 e. The fourth-order valence-electron chi connectivity index (χ4n) is 3.60. The number of para-hydroxylation sites is 1. The first-order valence-electron chi connectivity index (χ1n) is 12.7. The molecular formula is C29H23N11S2. The molecular weight excluding hydrogens is 567 g/mol. The number of hydrogen-bond acceptors (Lipinski definition) is 12. The lowest BCUT2D eigenvalue weighted by Crippen LogP contribution is -1.97. The molecule has 0 saturated heterocycles. The van der Waals surface area contributed by atoms with Gasteiger partial charge in [0, 0.05) is 34.1 Å². The predicted molar refractivity (Wildman–Crippen MR) is 167 cm³/mol. The van der Waals surface area contributed by atoms with E-state index in [2.05, 4.69) is 44.9 Å². The van der Waals surface area contributed by atoms with Gasteiger partial charge in [-0.15, -0.1) is 10.2 Å². The van der Waals surface area contributed by atoms with Gasteiger partial charge in [0.25, 0.3) is 0 Å². The van der Waals surface area contributed by atoms with E-state index in [4.69, 9.17) is 5.10 Å². The Labute approximate surface area is 250 Å². The van der Waals surface area contributed by atoms with Gasteiger partial charge in [-0.3, -0.25) is 4.72 Å². The monoisotopic (exact) mass is 589 g/mol. The van der Waals surface area contributed by atoms with Crippen molar-refractivity contribution in [3.63, 3.8) is 0 Å². The number of nitrogens with one attached hydrogen (secondary N) is 3. The highest BCUT2D eigenvalue weighted by molar-refractivity contribution is 8.00. The van der Waals surface area contributed by atoms with Crippen LogP contribution in [0.25, 0.3) is 5.69 Å². The Morgan fingerprint density at radius 1 is 0.667 bits per heavy atom. The predicted octanol–water partition coefficient (Wildman–Crippen LogP) is 7.85. The molecule has 0 spiro atoms. The van der Waals surface area contributed by atoms with Crippen molar-refractivity contribution in [2.45, 2.75) is 9.79 Å². The summed E-state index contributed by atoms with van der Waals surface area (Å²) < 4.78 is 8.10. The number of anilines is 4. The standard InChI is InChI=1S/C29H23N11S2/c1-2-5-21(6-3-1)34-28-26(36-35-22-7-11-24(12-8-22)42-39-29-31-16-4-17-32-29)19-40(37-28)23-9-13-25(14-10-23)41-38-27-15-18-30-20-33-27/h1-20H,(H,34,37)(H,30,33,38)(H,31,32,39). The Hall–Kier alpha value is -5.27. The van der Waals surface area contributed by atoms with Crippen LogP contribution in [0, 0.1) is 0 Å². The van der Waals surface area contributed by atoms with Crippen molar-refractivity contribution < 1.29 is 0 Å². The summed E-state index contributed by atoms with van der Waals surface area (Å²) in [6, 6.07) is 29.2. The van der Waals surface area contributed by atoms with E-state index in [0.29, 0.717) is 23.1 Å². The summed E-state index contributed by atoms with van der Waals surface area (Å²) in [6.07, 6.45) is 8.44. The van der Waals surface area contributed by atoms with Gasteiger partial charge in [0.2, 0.25) is 5.95 Å². The quantitative estimate of drug-likeness (QED) is 0.101. The van der Waals surface area contributed by atoms with Gasteiger partial charge in [-0.25, -0.2) is 24.6 Å². The molecule has 0 atom stereocenters. The number of rotatable bonds is 11. The van der Waals surface area contributed by atoms with E-state index < -0.39 is 0 Å². The first kappa shape index (κ1) is 26.9. The molecule has 3 aromatic carbocycles. The van der Waals surface area contributed by atoms with Crippen LogP contribution >= 0.6 is 23.9 Å². The Morgan fingerprint density at radius 3 is 2.14 bits per heavy atom. The summed E-state index contributed by atoms with van der Waals surface area (Å²) in [5.74, 6) is 1.88. The molecule has 6 aromatic rings. The molecule has 3 aromatic heterocycles. The van der Waals surface area contributed by atoms with Gasteiger partial charge >= 0.3 is 0 Å². The Balaban J connectivity index is 1.17. The minimum atomic E-state index is 0.550. The minimum absolute atomic E-state index is 0.550. The summed E-state index contributed by atoms with van der Waals surface area (Å²) >= 11 is 2.89. The molecule has 11 nitrogen and oxygen atoms in total. The van der Waals surface area contributed by atoms with Crippen LogP contribution in [0.2, 0.25) is 0 Å². The fraction of sp³-hybridized carbons (Fsp3) is 0. The van der Waals surface area contributed by atoms with Crippen LogP contribution in [0.4, 0.5) is 34.6 Å². The summed E-state index contributed by atoms with van der Waals surface area (Å²) in [4.78, 5) is 18.5. The van der Waals surface area contributed by atoms with Crippen molar-refractivity contribution in [3.05, 3.63) is 122 Å². The van der Waals surface area contributed by atoms with Crippen LogP contribution in [0.1, 0.15) is 0 Å². The van der Waals surface area contributed by atoms with Crippen molar-refractivity contribution in [2.24, 2.45) is 10.2 Å². The summed E-state index contributed by atoms with van der Waals surface area (Å²) in [7, 11) is 0. The zero-order valence-electron chi connectivity index (χ0n) is 21.9. The molecule has 3 N–H and O–H groups in total. The molecule has 206 valence electrons. The van der Waals surface area contributed by atoms with E-state index in [1.807, 2.05) is 91.1 Å². The maximum absolute atomic E-state index is 4.77. The molecule has 0 saturated carbocycles. The van der Waals surface area contributed by atoms with Gasteiger partial charge in [0.15, 0.2) is 5.82 Å². The highest BCUT2D eigenvalue weighted by Gasteiger charge is 2.11. The summed E-state index contributed by atoms with van der Waals surface area (Å²) in [5.41, 5.74) is 3.10. The molecule has 13 heteroatoms. The molecule has 3 heterocycles. The SMILES string of the molecule is c1ccc(Nc2nn(-c3ccc(SNc4ccncn4)cc3)cc2N=Nc2ccc(SNc3ncccn3)cc2)cc1. The molecule has 0 radical (unpaired) electrons. The lowest BCUT2D eigenvalue weighted by molar-refractivity contribution is 0.883. The second-order valence-electron chi connectivity index (χ2n) is 8.56. The third-order valence-electron chi connectivity index (χ3n) is 5.62. The van der Waals surface area contributed by atoms with Gasteiger partial charge < -0.3 is 10.0 Å². The molecule has 0 amide bonds. The molecule has 0 aliphatic rings. The second-order valence-corrected chi connectivity index (χ2v) is 10.3. The minimum Gasteiger partial charge on any atom is -0.337 e. The topological polar surface area (TPSA) is 130 Å². The van der Waals surface area contributed by atoms with E-state index in [1.165, 1.54) is 30.2 Å². The van der Waals surface area contributed by atoms with E-state index in [9.17, 15) is 0 Å². The molecule has 0 bridgehead atoms. The zero-order valence-corrected chi connectivity index (χ0v) is 23.6. The largest absolute Gasteiger partial charge is 0.337 e. The van der Waals surface area contributed by atoms with E-state index in [1.54, 1.807) is 29.3 Å². The highest BCUT2D eigenvalue weighted by atomic mass is 32.2. The molecule has 0 aliphatic heterocycles. The first-order chi connectivity index (χ1) is 20.8. The Bertz CT molecular complexity index is 1730. The lowest BCUT2D eigenvalue weighted by atomic mass is 10.3. The van der Waals surface area contributed by atoms with Gasteiger partial charge in [-0.2, -0.15) is 5.11 Å². The Morgan fingerprint density at radius 2 is 1.40 bits per heavy atom. The lowest BCUT2D eigenvalue weighted by Gasteiger charge is -2.06. The first-order valence-corrected chi connectivity index (χ1v) is 14.3. The number of nitrogens with zero attached hydrogens (tertiary/aromatic N) is 8. The van der Waals surface area contributed by atoms with Crippen molar-refractivity contribution in [3.8, 4) is 5.69 Å². The fourth-order valence-corrected chi connectivity index (χ4v) is 4.80. The average molecular weight is 590 g/mol. The van der Waals surface area contributed by atoms with Crippen LogP contribution in [0.15, 0.2) is 142 Å². The summed E-state index contributed by atoms with van der Waals surface area (Å²) in [5, 5.41) is 17.1. The van der Waals surface area contributed by atoms with Crippen molar-refractivity contribution in [1.82, 2.24) is 29.7 Å². The number of benzene rings is 3. The van der Waals surface area contributed by atoms with E-state index in [-0.39, 0.29) is 0 Å². The summed E-state index contributed by atoms with van der Waals surface area (Å²) in [6.45, 7) is 0. The zero-order chi connectivity index (χ0) is 28.4. The van der Waals surface area contributed by atoms with Gasteiger partial charge in [0.05, 0.1) is 17.6 Å². The molecule has 42 heavy (non-hydrogen) atoms. The van der Waals surface area contributed by atoms with Crippen LogP contribution in [-0.2, 0) is 0 Å². The van der Waals surface area contributed by atoms with Crippen LogP contribution in [0.5, 0.6) is 0 Å². The van der Waals surface area contributed by atoms with Crippen molar-refractivity contribution in [2.75, 3.05) is 14.8 Å². The van der Waals surface area contributed by atoms with Crippen LogP contribution < -0.4 is 14.8 Å². The second kappa shape index (κ2) is 13.4. The number of aromatic nitrogens is 6. The van der Waals surface area contributed by atoms with E-state index >= 15 is 0 Å². The van der Waals surface area contributed by atoms with E-state index in [0.717, 1.165) is 27.0 Å². The molecule has 6 rings (SSSR count). The number of hydrogen-bond donors (Lipinski definition) is 3. The van der Waals surface area contributed by atoms with Gasteiger partial charge in [-0.1, -0.05) is 18.2 Å². The van der Waals surface area contributed by atoms with Gasteiger partial charge in [0.1, 0.15) is 17.8 Å². The van der Waals surface area contributed by atoms with Crippen molar-refractivity contribution >= 4 is 58.5 Å². The normalized spacial score (nSPS) is 11.0. The highest BCUT2D eigenvalue weighted by Crippen LogP contribution is 2.31. The third-order valence-corrected chi connectivity index (χ3v) is 7.24. The molecule has 0 unspecified atom stereocenters. The number of azo groups is 1. The van der Waals surface area contributed by atoms with Crippen LogP contribution in [-0.4, -0.2) is 29.7 Å². The van der Waals surface area contributed by atoms with Crippen molar-refractivity contribution in [1.29, 1.82) is 0 Å². The molecule has 0 aliphatic carbocycles.